The molecule has 126 valence electrons. The molecule has 1 unspecified atom stereocenters. The molecule has 1 heterocycles. The molecule has 0 radical (unpaired) electrons. The molecule has 0 fully saturated rings. The van der Waals surface area contributed by atoms with Gasteiger partial charge in [0.2, 0.25) is 0 Å². The Labute approximate surface area is 159 Å². The van der Waals surface area contributed by atoms with Crippen molar-refractivity contribution in [3.05, 3.63) is 57.8 Å². The molecule has 0 aliphatic heterocycles. The van der Waals surface area contributed by atoms with Crippen LogP contribution in [0.15, 0.2) is 47.5 Å². The predicted octanol–water partition coefficient (Wildman–Crippen LogP) is 3.12. The average molecular weight is 445 g/mol. The van der Waals surface area contributed by atoms with E-state index in [0.29, 0.717) is 6.54 Å². The molecule has 0 spiro atoms. The molecule has 1 atom stereocenters. The Morgan fingerprint density at radius 1 is 1.17 bits per heavy atom. The molecule has 4 nitrogen and oxygen atoms in total. The summed E-state index contributed by atoms with van der Waals surface area (Å²) in [5.41, 5.74) is 1.13. The minimum atomic E-state index is 0. The van der Waals surface area contributed by atoms with Gasteiger partial charge in [0, 0.05) is 29.3 Å². The molecule has 0 saturated heterocycles. The summed E-state index contributed by atoms with van der Waals surface area (Å²) in [5, 5.41) is 16.2. The lowest BCUT2D eigenvalue weighted by atomic mass is 10.0. The molecule has 2 rings (SSSR count). The van der Waals surface area contributed by atoms with E-state index in [1.807, 2.05) is 30.3 Å². The standard InChI is InChI=1S/C17H23N3OS.HI/c1-13-8-9-16(22-13)11-20-17(18-2)19-10-15(12-21)14-6-4-3-5-7-14;/h3-9,15,21H,10-12H2,1-2H3,(H2,18,19,20);1H. The van der Waals surface area contributed by atoms with Crippen LogP contribution in [0.1, 0.15) is 21.2 Å². The summed E-state index contributed by atoms with van der Waals surface area (Å²) < 4.78 is 0. The number of aliphatic hydroxyl groups is 1. The molecule has 0 aliphatic carbocycles. The van der Waals surface area contributed by atoms with Crippen LogP contribution in [0.5, 0.6) is 0 Å². The Morgan fingerprint density at radius 3 is 2.48 bits per heavy atom. The number of halogens is 1. The summed E-state index contributed by atoms with van der Waals surface area (Å²) in [5.74, 6) is 0.809. The number of aliphatic hydroxyl groups excluding tert-OH is 1. The van der Waals surface area contributed by atoms with E-state index in [9.17, 15) is 5.11 Å². The highest BCUT2D eigenvalue weighted by Gasteiger charge is 2.10. The average Bonchev–Trinajstić information content (AvgIpc) is 2.97. The molecule has 0 amide bonds. The highest BCUT2D eigenvalue weighted by molar-refractivity contribution is 14.0. The van der Waals surface area contributed by atoms with Gasteiger partial charge in [0.1, 0.15) is 0 Å². The van der Waals surface area contributed by atoms with Gasteiger partial charge in [-0.15, -0.1) is 35.3 Å². The number of hydrogen-bond acceptors (Lipinski definition) is 3. The Hall–Kier alpha value is -1.12. The number of guanidine groups is 1. The second kappa shape index (κ2) is 10.6. The summed E-state index contributed by atoms with van der Waals surface area (Å²) in [6, 6.07) is 14.3. The SMILES string of the molecule is CN=C(NCc1ccc(C)s1)NCC(CO)c1ccccc1.I. The summed E-state index contributed by atoms with van der Waals surface area (Å²) in [6.07, 6.45) is 0. The number of aliphatic imine (C=N–C) groups is 1. The van der Waals surface area contributed by atoms with E-state index in [4.69, 9.17) is 0 Å². The van der Waals surface area contributed by atoms with E-state index in [-0.39, 0.29) is 36.5 Å². The van der Waals surface area contributed by atoms with E-state index in [1.54, 1.807) is 18.4 Å². The quantitative estimate of drug-likeness (QED) is 0.364. The summed E-state index contributed by atoms with van der Waals surface area (Å²) in [6.45, 7) is 3.61. The monoisotopic (exact) mass is 445 g/mol. The van der Waals surface area contributed by atoms with Gasteiger partial charge < -0.3 is 15.7 Å². The molecule has 3 N–H and O–H groups in total. The van der Waals surface area contributed by atoms with E-state index in [1.165, 1.54) is 9.75 Å². The van der Waals surface area contributed by atoms with Crippen LogP contribution in [-0.4, -0.2) is 31.3 Å². The minimum Gasteiger partial charge on any atom is -0.396 e. The third-order valence-electron chi connectivity index (χ3n) is 3.46. The zero-order valence-corrected chi connectivity index (χ0v) is 16.6. The molecular weight excluding hydrogens is 421 g/mol. The Kier molecular flexibility index (Phi) is 9.20. The maximum atomic E-state index is 9.58. The molecule has 6 heteroatoms. The number of rotatable bonds is 6. The first-order chi connectivity index (χ1) is 10.7. The van der Waals surface area contributed by atoms with Crippen molar-refractivity contribution in [3.8, 4) is 0 Å². The van der Waals surface area contributed by atoms with Gasteiger partial charge in [-0.25, -0.2) is 0 Å². The van der Waals surface area contributed by atoms with Gasteiger partial charge in [0.25, 0.3) is 0 Å². The third kappa shape index (κ3) is 6.48. The zero-order chi connectivity index (χ0) is 15.8. The summed E-state index contributed by atoms with van der Waals surface area (Å²) >= 11 is 1.78. The van der Waals surface area contributed by atoms with Crippen molar-refractivity contribution in [2.75, 3.05) is 20.2 Å². The van der Waals surface area contributed by atoms with Crippen molar-refractivity contribution in [2.24, 2.45) is 4.99 Å². The van der Waals surface area contributed by atoms with Gasteiger partial charge >= 0.3 is 0 Å². The lowest BCUT2D eigenvalue weighted by Gasteiger charge is -2.18. The zero-order valence-electron chi connectivity index (χ0n) is 13.5. The third-order valence-corrected chi connectivity index (χ3v) is 4.46. The molecule has 0 saturated carbocycles. The van der Waals surface area contributed by atoms with Crippen LogP contribution >= 0.6 is 35.3 Å². The lowest BCUT2D eigenvalue weighted by Crippen LogP contribution is -2.39. The number of hydrogen-bond donors (Lipinski definition) is 3. The summed E-state index contributed by atoms with van der Waals surface area (Å²) in [7, 11) is 1.76. The van der Waals surface area contributed by atoms with Crippen molar-refractivity contribution in [2.45, 2.75) is 19.4 Å². The van der Waals surface area contributed by atoms with Gasteiger partial charge in [-0.1, -0.05) is 30.3 Å². The predicted molar refractivity (Wildman–Crippen MR) is 109 cm³/mol. The van der Waals surface area contributed by atoms with Crippen LogP contribution in [-0.2, 0) is 6.54 Å². The maximum absolute atomic E-state index is 9.58. The lowest BCUT2D eigenvalue weighted by molar-refractivity contribution is 0.265. The van der Waals surface area contributed by atoms with Crippen LogP contribution < -0.4 is 10.6 Å². The largest absolute Gasteiger partial charge is 0.396 e. The van der Waals surface area contributed by atoms with E-state index in [2.05, 4.69) is 34.7 Å². The molecule has 23 heavy (non-hydrogen) atoms. The smallest absolute Gasteiger partial charge is 0.191 e. The van der Waals surface area contributed by atoms with Crippen molar-refractivity contribution in [1.29, 1.82) is 0 Å². The molecule has 1 aromatic carbocycles. The van der Waals surface area contributed by atoms with Crippen molar-refractivity contribution < 1.29 is 5.11 Å². The second-order valence-electron chi connectivity index (χ2n) is 5.11. The Balaban J connectivity index is 0.00000264. The molecule has 0 aliphatic rings. The fourth-order valence-electron chi connectivity index (χ4n) is 2.20. The fraction of sp³-hybridized carbons (Fsp3) is 0.353. The Morgan fingerprint density at radius 2 is 1.91 bits per heavy atom. The first-order valence-electron chi connectivity index (χ1n) is 7.38. The van der Waals surface area contributed by atoms with E-state index in [0.717, 1.165) is 18.1 Å². The van der Waals surface area contributed by atoms with Gasteiger partial charge in [-0.2, -0.15) is 0 Å². The van der Waals surface area contributed by atoms with Crippen LogP contribution in [0.2, 0.25) is 0 Å². The van der Waals surface area contributed by atoms with Crippen molar-refractivity contribution in [3.63, 3.8) is 0 Å². The number of thiophene rings is 1. The second-order valence-corrected chi connectivity index (χ2v) is 6.48. The van der Waals surface area contributed by atoms with Crippen molar-refractivity contribution >= 4 is 41.3 Å². The summed E-state index contributed by atoms with van der Waals surface area (Å²) in [4.78, 5) is 6.82. The molecular formula is C17H24IN3OS. The first kappa shape index (κ1) is 19.9. The van der Waals surface area contributed by atoms with Gasteiger partial charge in [0.15, 0.2) is 5.96 Å². The van der Waals surface area contributed by atoms with Gasteiger partial charge in [0.05, 0.1) is 13.2 Å². The highest BCUT2D eigenvalue weighted by Crippen LogP contribution is 2.15. The van der Waals surface area contributed by atoms with Crippen LogP contribution in [0.4, 0.5) is 0 Å². The normalized spacial score (nSPS) is 12.4. The fourth-order valence-corrected chi connectivity index (χ4v) is 3.03. The number of aryl methyl sites for hydroxylation is 1. The number of nitrogens with one attached hydrogen (secondary N) is 2. The molecule has 1 aromatic heterocycles. The molecule has 0 bridgehead atoms. The highest BCUT2D eigenvalue weighted by atomic mass is 127. The van der Waals surface area contributed by atoms with Crippen LogP contribution in [0, 0.1) is 6.92 Å². The van der Waals surface area contributed by atoms with Gasteiger partial charge in [-0.05, 0) is 24.6 Å². The number of benzene rings is 1. The van der Waals surface area contributed by atoms with Crippen molar-refractivity contribution in [1.82, 2.24) is 10.6 Å². The van der Waals surface area contributed by atoms with E-state index >= 15 is 0 Å². The number of nitrogens with zero attached hydrogens (tertiary/aromatic N) is 1. The van der Waals surface area contributed by atoms with Gasteiger partial charge in [-0.3, -0.25) is 4.99 Å². The minimum absolute atomic E-state index is 0. The molecule has 2 aromatic rings. The Bertz CT molecular complexity index is 601. The van der Waals surface area contributed by atoms with Crippen LogP contribution in [0.3, 0.4) is 0 Å². The maximum Gasteiger partial charge on any atom is 0.191 e. The topological polar surface area (TPSA) is 56.7 Å². The van der Waals surface area contributed by atoms with Crippen LogP contribution in [0.25, 0.3) is 0 Å². The first-order valence-corrected chi connectivity index (χ1v) is 8.20. The van der Waals surface area contributed by atoms with E-state index < -0.39 is 0 Å².